The molecule has 152 valence electrons. The van der Waals surface area contributed by atoms with Gasteiger partial charge in [-0.25, -0.2) is 4.68 Å². The average molecular weight is 384 g/mol. The van der Waals surface area contributed by atoms with Crippen LogP contribution in [0, 0.1) is 25.7 Å². The van der Waals surface area contributed by atoms with E-state index in [1.807, 2.05) is 38.1 Å². The molecule has 0 bridgehead atoms. The van der Waals surface area contributed by atoms with Crippen molar-refractivity contribution in [3.63, 3.8) is 0 Å². The van der Waals surface area contributed by atoms with E-state index in [0.29, 0.717) is 12.2 Å². The topological polar surface area (TPSA) is 63.1 Å². The summed E-state index contributed by atoms with van der Waals surface area (Å²) in [5.74, 6) is 1.45. The summed E-state index contributed by atoms with van der Waals surface area (Å²) >= 11 is 0. The molecule has 28 heavy (non-hydrogen) atoms. The molecule has 2 unspecified atom stereocenters. The molecule has 0 aliphatic carbocycles. The van der Waals surface area contributed by atoms with Crippen LogP contribution < -0.4 is 5.32 Å². The van der Waals surface area contributed by atoms with Crippen LogP contribution in [0.4, 0.5) is 0 Å². The molecule has 1 saturated heterocycles. The lowest BCUT2D eigenvalue weighted by Gasteiger charge is -2.34. The maximum Gasteiger partial charge on any atom is 0.273 e. The zero-order valence-electron chi connectivity index (χ0n) is 17.6. The van der Waals surface area contributed by atoms with Gasteiger partial charge in [-0.15, -0.1) is 5.10 Å². The van der Waals surface area contributed by atoms with Gasteiger partial charge < -0.3 is 10.2 Å². The summed E-state index contributed by atoms with van der Waals surface area (Å²) in [6.45, 7) is 12.8. The fraction of sp³-hybridized carbons (Fsp3) is 0.591. The minimum Gasteiger partial charge on any atom is -0.351 e. The second-order valence-electron chi connectivity index (χ2n) is 8.44. The van der Waals surface area contributed by atoms with Crippen LogP contribution in [0.3, 0.4) is 0 Å². The first-order valence-electron chi connectivity index (χ1n) is 10.4. The Morgan fingerprint density at radius 1 is 1.11 bits per heavy atom. The van der Waals surface area contributed by atoms with Gasteiger partial charge in [0.2, 0.25) is 0 Å². The Labute approximate surface area is 168 Å². The molecule has 0 spiro atoms. The Morgan fingerprint density at radius 3 is 2.46 bits per heavy atom. The summed E-state index contributed by atoms with van der Waals surface area (Å²) in [5.41, 5.74) is 3.27. The number of nitrogens with zero attached hydrogens (tertiary/aromatic N) is 4. The number of nitrogens with one attached hydrogen (secondary N) is 1. The molecule has 2 atom stereocenters. The third-order valence-corrected chi connectivity index (χ3v) is 5.52. The highest BCUT2D eigenvalue weighted by Crippen LogP contribution is 2.21. The molecule has 1 aliphatic rings. The number of carbonyl (C=O) groups is 1. The molecular weight excluding hydrogens is 350 g/mol. The number of piperidine rings is 1. The van der Waals surface area contributed by atoms with E-state index in [1.165, 1.54) is 25.1 Å². The first-order valence-corrected chi connectivity index (χ1v) is 10.4. The Morgan fingerprint density at radius 2 is 1.79 bits per heavy atom. The van der Waals surface area contributed by atoms with Crippen molar-refractivity contribution in [2.45, 2.75) is 47.0 Å². The van der Waals surface area contributed by atoms with E-state index in [0.717, 1.165) is 42.6 Å². The lowest BCUT2D eigenvalue weighted by molar-refractivity contribution is 0.0946. The molecule has 0 radical (unpaired) electrons. The maximum atomic E-state index is 12.5. The van der Waals surface area contributed by atoms with Crippen molar-refractivity contribution in [1.82, 2.24) is 25.2 Å². The number of likely N-dealkylation sites (tertiary alicyclic amines) is 1. The van der Waals surface area contributed by atoms with Gasteiger partial charge in [0, 0.05) is 19.6 Å². The summed E-state index contributed by atoms with van der Waals surface area (Å²) in [5, 5.41) is 11.2. The van der Waals surface area contributed by atoms with Gasteiger partial charge in [-0.05, 0) is 63.6 Å². The summed E-state index contributed by atoms with van der Waals surface area (Å²) in [4.78, 5) is 15.0. The van der Waals surface area contributed by atoms with Crippen LogP contribution in [-0.4, -0.2) is 52.0 Å². The SMILES string of the molecule is Cc1ccc(-n2nnc(C(=O)NCCCCN3CC(C)CC(C)C3)c2C)cc1. The van der Waals surface area contributed by atoms with Gasteiger partial charge in [-0.2, -0.15) is 0 Å². The fourth-order valence-electron chi connectivity index (χ4n) is 4.19. The molecular formula is C22H33N5O. The number of aromatic nitrogens is 3. The summed E-state index contributed by atoms with van der Waals surface area (Å²) in [7, 11) is 0. The fourth-order valence-corrected chi connectivity index (χ4v) is 4.19. The number of hydrogen-bond acceptors (Lipinski definition) is 4. The number of amides is 1. The number of benzene rings is 1. The van der Waals surface area contributed by atoms with Crippen molar-refractivity contribution >= 4 is 5.91 Å². The standard InChI is InChI=1S/C22H33N5O/c1-16-7-9-20(10-8-16)27-19(4)21(24-25-27)22(28)23-11-5-6-12-26-14-17(2)13-18(3)15-26/h7-10,17-18H,5-6,11-15H2,1-4H3,(H,23,28). The van der Waals surface area contributed by atoms with E-state index in [4.69, 9.17) is 0 Å². The van der Waals surface area contributed by atoms with Gasteiger partial charge in [-0.3, -0.25) is 4.79 Å². The van der Waals surface area contributed by atoms with E-state index in [2.05, 4.69) is 34.4 Å². The Hall–Kier alpha value is -2.21. The number of rotatable bonds is 7. The van der Waals surface area contributed by atoms with E-state index in [-0.39, 0.29) is 5.91 Å². The highest BCUT2D eigenvalue weighted by atomic mass is 16.2. The van der Waals surface area contributed by atoms with Gasteiger partial charge in [-0.1, -0.05) is 36.8 Å². The lowest BCUT2D eigenvalue weighted by Crippen LogP contribution is -2.39. The largest absolute Gasteiger partial charge is 0.351 e. The Kier molecular flexibility index (Phi) is 6.83. The molecule has 3 rings (SSSR count). The highest BCUT2D eigenvalue weighted by molar-refractivity contribution is 5.93. The van der Waals surface area contributed by atoms with Gasteiger partial charge in [0.1, 0.15) is 0 Å². The first kappa shape index (κ1) is 20.5. The zero-order chi connectivity index (χ0) is 20.1. The molecule has 2 aromatic rings. The van der Waals surface area contributed by atoms with Crippen LogP contribution in [0.2, 0.25) is 0 Å². The third-order valence-electron chi connectivity index (χ3n) is 5.52. The molecule has 2 heterocycles. The van der Waals surface area contributed by atoms with Crippen molar-refractivity contribution in [2.24, 2.45) is 11.8 Å². The first-order chi connectivity index (χ1) is 13.4. The minimum atomic E-state index is -0.143. The van der Waals surface area contributed by atoms with Gasteiger partial charge in [0.25, 0.3) is 5.91 Å². The molecule has 1 fully saturated rings. The second-order valence-corrected chi connectivity index (χ2v) is 8.44. The smallest absolute Gasteiger partial charge is 0.273 e. The van der Waals surface area contributed by atoms with Crippen LogP contribution in [0.25, 0.3) is 5.69 Å². The zero-order valence-corrected chi connectivity index (χ0v) is 17.6. The van der Waals surface area contributed by atoms with Crippen LogP contribution >= 0.6 is 0 Å². The van der Waals surface area contributed by atoms with E-state index in [9.17, 15) is 4.79 Å². The molecule has 1 amide bonds. The molecule has 1 aromatic heterocycles. The summed E-state index contributed by atoms with van der Waals surface area (Å²) < 4.78 is 1.72. The van der Waals surface area contributed by atoms with Crippen LogP contribution in [-0.2, 0) is 0 Å². The average Bonchev–Trinajstić information content (AvgIpc) is 3.03. The molecule has 6 nitrogen and oxygen atoms in total. The summed E-state index contributed by atoms with van der Waals surface area (Å²) in [6, 6.07) is 8.03. The van der Waals surface area contributed by atoms with Crippen molar-refractivity contribution in [3.05, 3.63) is 41.2 Å². The molecule has 6 heteroatoms. The molecule has 1 aromatic carbocycles. The van der Waals surface area contributed by atoms with Crippen LogP contribution in [0.5, 0.6) is 0 Å². The lowest BCUT2D eigenvalue weighted by atomic mass is 9.92. The van der Waals surface area contributed by atoms with E-state index < -0.39 is 0 Å². The van der Waals surface area contributed by atoms with E-state index >= 15 is 0 Å². The van der Waals surface area contributed by atoms with Crippen LogP contribution in [0.15, 0.2) is 24.3 Å². The Bertz CT molecular complexity index is 773. The van der Waals surface area contributed by atoms with Crippen molar-refractivity contribution in [2.75, 3.05) is 26.2 Å². The van der Waals surface area contributed by atoms with Crippen molar-refractivity contribution in [3.8, 4) is 5.69 Å². The van der Waals surface area contributed by atoms with Gasteiger partial charge >= 0.3 is 0 Å². The molecule has 0 saturated carbocycles. The second kappa shape index (κ2) is 9.32. The normalized spacial score (nSPS) is 20.3. The molecule has 1 N–H and O–H groups in total. The van der Waals surface area contributed by atoms with Crippen molar-refractivity contribution < 1.29 is 4.79 Å². The number of carbonyl (C=O) groups excluding carboxylic acids is 1. The third kappa shape index (κ3) is 5.19. The van der Waals surface area contributed by atoms with Crippen LogP contribution in [0.1, 0.15) is 54.9 Å². The minimum absolute atomic E-state index is 0.143. The van der Waals surface area contributed by atoms with Gasteiger partial charge in [0.15, 0.2) is 5.69 Å². The van der Waals surface area contributed by atoms with E-state index in [1.54, 1.807) is 4.68 Å². The van der Waals surface area contributed by atoms with Gasteiger partial charge in [0.05, 0.1) is 11.4 Å². The number of unbranched alkanes of at least 4 members (excludes halogenated alkanes) is 1. The monoisotopic (exact) mass is 383 g/mol. The molecule has 1 aliphatic heterocycles. The highest BCUT2D eigenvalue weighted by Gasteiger charge is 2.21. The predicted octanol–water partition coefficient (Wildman–Crippen LogP) is 3.37. The maximum absolute atomic E-state index is 12.5. The number of hydrogen-bond donors (Lipinski definition) is 1. The summed E-state index contributed by atoms with van der Waals surface area (Å²) in [6.07, 6.45) is 3.43. The van der Waals surface area contributed by atoms with Crippen molar-refractivity contribution in [1.29, 1.82) is 0 Å². The Balaban J connectivity index is 1.45. The predicted molar refractivity (Wildman–Crippen MR) is 112 cm³/mol. The quantitative estimate of drug-likeness (QED) is 0.745. The number of aryl methyl sites for hydroxylation is 1.